The van der Waals surface area contributed by atoms with Gasteiger partial charge in [-0.3, -0.25) is 0 Å². The fourth-order valence-electron chi connectivity index (χ4n) is 4.28. The van der Waals surface area contributed by atoms with Gasteiger partial charge in [-0.25, -0.2) is 8.42 Å². The Balaban J connectivity index is 1.10. The summed E-state index contributed by atoms with van der Waals surface area (Å²) in [7, 11) is -3.15. The van der Waals surface area contributed by atoms with E-state index >= 15 is 0 Å². The van der Waals surface area contributed by atoms with E-state index in [2.05, 4.69) is 52.7 Å². The van der Waals surface area contributed by atoms with Gasteiger partial charge in [0.2, 0.25) is 10.0 Å². The van der Waals surface area contributed by atoms with Crippen LogP contribution in [-0.2, 0) is 29.4 Å². The van der Waals surface area contributed by atoms with Crippen molar-refractivity contribution in [2.24, 2.45) is 0 Å². The first kappa shape index (κ1) is 22.0. The van der Waals surface area contributed by atoms with Crippen molar-refractivity contribution in [2.45, 2.75) is 44.6 Å². The Labute approximate surface area is 195 Å². The van der Waals surface area contributed by atoms with Crippen LogP contribution in [0.3, 0.4) is 0 Å². The highest BCUT2D eigenvalue weighted by Gasteiger charge is 2.25. The van der Waals surface area contributed by atoms with E-state index in [4.69, 9.17) is 4.74 Å². The summed E-state index contributed by atoms with van der Waals surface area (Å²) >= 11 is 0. The molecule has 2 heterocycles. The lowest BCUT2D eigenvalue weighted by Gasteiger charge is -2.27. The van der Waals surface area contributed by atoms with Crippen LogP contribution < -0.4 is 4.74 Å². The van der Waals surface area contributed by atoms with Crippen LogP contribution in [0.4, 0.5) is 0 Å². The van der Waals surface area contributed by atoms with Crippen LogP contribution in [0.25, 0.3) is 11.3 Å². The minimum Gasteiger partial charge on any atom is -0.494 e. The molecule has 1 saturated carbocycles. The lowest BCUT2D eigenvalue weighted by molar-refractivity contribution is 0.309. The van der Waals surface area contributed by atoms with Crippen LogP contribution >= 0.6 is 0 Å². The van der Waals surface area contributed by atoms with E-state index in [0.29, 0.717) is 25.6 Å². The Morgan fingerprint density at radius 1 is 1.00 bits per heavy atom. The smallest absolute Gasteiger partial charge is 0.211 e. The molecule has 5 rings (SSSR count). The van der Waals surface area contributed by atoms with Crippen molar-refractivity contribution >= 4 is 10.0 Å². The summed E-state index contributed by atoms with van der Waals surface area (Å²) in [4.78, 5) is 0. The number of nitrogens with zero attached hydrogens (tertiary/aromatic N) is 3. The van der Waals surface area contributed by atoms with E-state index < -0.39 is 10.0 Å². The molecule has 1 aromatic heterocycles. The molecule has 0 bridgehead atoms. The van der Waals surface area contributed by atoms with Gasteiger partial charge >= 0.3 is 0 Å². The molecule has 1 aliphatic heterocycles. The normalized spacial score (nSPS) is 16.4. The highest BCUT2D eigenvalue weighted by Crippen LogP contribution is 2.38. The summed E-state index contributed by atoms with van der Waals surface area (Å²) in [5.74, 6) is 1.48. The molecule has 0 amide bonds. The Bertz CT molecular complexity index is 1220. The average Bonchev–Trinajstić information content (AvgIpc) is 3.67. The number of hydrogen-bond acceptors (Lipinski definition) is 5. The number of aromatic nitrogens is 2. The van der Waals surface area contributed by atoms with Crippen molar-refractivity contribution in [3.63, 3.8) is 0 Å². The topological polar surface area (TPSA) is 72.4 Å². The van der Waals surface area contributed by atoms with Gasteiger partial charge in [0.25, 0.3) is 0 Å². The first-order valence-electron chi connectivity index (χ1n) is 11.6. The maximum atomic E-state index is 11.8. The molecule has 0 atom stereocenters. The lowest BCUT2D eigenvalue weighted by atomic mass is 10.0. The molecule has 7 heteroatoms. The first-order valence-corrected chi connectivity index (χ1v) is 13.4. The number of benzene rings is 2. The zero-order valence-electron chi connectivity index (χ0n) is 18.9. The predicted octanol–water partition coefficient (Wildman–Crippen LogP) is 4.35. The first-order chi connectivity index (χ1) is 16.0. The van der Waals surface area contributed by atoms with Gasteiger partial charge in [-0.15, -0.1) is 0 Å². The number of sulfonamides is 1. The highest BCUT2D eigenvalue weighted by molar-refractivity contribution is 7.88. The molecule has 2 aliphatic rings. The highest BCUT2D eigenvalue weighted by atomic mass is 32.2. The summed E-state index contributed by atoms with van der Waals surface area (Å²) in [6, 6.07) is 18.7. The second kappa shape index (κ2) is 9.23. The molecule has 1 fully saturated rings. The van der Waals surface area contributed by atoms with Crippen molar-refractivity contribution in [2.75, 3.05) is 19.4 Å². The Kier molecular flexibility index (Phi) is 6.17. The van der Waals surface area contributed by atoms with Gasteiger partial charge in [-0.1, -0.05) is 30.3 Å². The summed E-state index contributed by atoms with van der Waals surface area (Å²) < 4.78 is 31.0. The van der Waals surface area contributed by atoms with Gasteiger partial charge in [-0.05, 0) is 73.1 Å². The van der Waals surface area contributed by atoms with Crippen LogP contribution in [0.1, 0.15) is 47.6 Å². The van der Waals surface area contributed by atoms with E-state index in [1.54, 1.807) is 0 Å². The monoisotopic (exact) mass is 463 g/mol. The number of aryl methyl sites for hydroxylation is 1. The molecular formula is C26H29N3O3S. The molecule has 0 radical (unpaired) electrons. The molecule has 172 valence electrons. The zero-order valence-corrected chi connectivity index (χ0v) is 19.7. The van der Waals surface area contributed by atoms with E-state index in [1.165, 1.54) is 34.5 Å². The van der Waals surface area contributed by atoms with Crippen molar-refractivity contribution in [3.05, 3.63) is 77.0 Å². The third kappa shape index (κ3) is 5.42. The van der Waals surface area contributed by atoms with Crippen molar-refractivity contribution in [3.8, 4) is 17.0 Å². The summed E-state index contributed by atoms with van der Waals surface area (Å²) in [6.45, 7) is 1.62. The molecule has 6 nitrogen and oxygen atoms in total. The fourth-order valence-corrected chi connectivity index (χ4v) is 5.07. The van der Waals surface area contributed by atoms with E-state index in [0.717, 1.165) is 47.5 Å². The number of rotatable bonds is 8. The molecule has 0 saturated heterocycles. The molecule has 2 aromatic carbocycles. The van der Waals surface area contributed by atoms with Crippen molar-refractivity contribution in [1.29, 1.82) is 0 Å². The summed E-state index contributed by atoms with van der Waals surface area (Å²) in [5, 5.41) is 8.77. The van der Waals surface area contributed by atoms with Gasteiger partial charge in [0, 0.05) is 24.6 Å². The standard InChI is InChI=1S/C26H29N3O3S/c1-33(30,31)29-15-14-22-17-24(11-10-23(22)18-29)32-16-2-3-19-4-6-20(7-5-19)25-12-13-26(28-27-25)21-8-9-21/h4-7,10-13,17,21H,2-3,8-9,14-16,18H2,1H3. The number of hydrogen-bond donors (Lipinski definition) is 0. The second-order valence-electron chi connectivity index (χ2n) is 9.04. The minimum absolute atomic E-state index is 0.445. The maximum Gasteiger partial charge on any atom is 0.211 e. The van der Waals surface area contributed by atoms with Gasteiger partial charge < -0.3 is 4.74 Å². The molecule has 3 aromatic rings. The Morgan fingerprint density at radius 2 is 1.82 bits per heavy atom. The van der Waals surface area contributed by atoms with Gasteiger partial charge in [0.1, 0.15) is 5.75 Å². The minimum atomic E-state index is -3.15. The van der Waals surface area contributed by atoms with Crippen molar-refractivity contribution < 1.29 is 13.2 Å². The van der Waals surface area contributed by atoms with Crippen LogP contribution in [0.5, 0.6) is 5.75 Å². The van der Waals surface area contributed by atoms with E-state index in [-0.39, 0.29) is 0 Å². The Hall–Kier alpha value is -2.77. The predicted molar refractivity (Wildman–Crippen MR) is 129 cm³/mol. The van der Waals surface area contributed by atoms with Gasteiger partial charge in [0.15, 0.2) is 0 Å². The zero-order chi connectivity index (χ0) is 22.8. The molecular weight excluding hydrogens is 434 g/mol. The molecule has 0 unspecified atom stereocenters. The van der Waals surface area contributed by atoms with Crippen LogP contribution in [0.2, 0.25) is 0 Å². The second-order valence-corrected chi connectivity index (χ2v) is 11.0. The number of fused-ring (bicyclic) bond motifs is 1. The SMILES string of the molecule is CS(=O)(=O)N1CCc2cc(OCCCc3ccc(-c4ccc(C5CC5)nn4)cc3)ccc2C1. The summed E-state index contributed by atoms with van der Waals surface area (Å²) in [6.07, 6.45) is 6.34. The molecule has 0 spiro atoms. The summed E-state index contributed by atoms with van der Waals surface area (Å²) in [5.41, 5.74) is 6.64. The Morgan fingerprint density at radius 3 is 2.52 bits per heavy atom. The fraction of sp³-hybridized carbons (Fsp3) is 0.385. The lowest BCUT2D eigenvalue weighted by Crippen LogP contribution is -2.35. The van der Waals surface area contributed by atoms with Gasteiger partial charge in [0.05, 0.1) is 24.3 Å². The van der Waals surface area contributed by atoms with E-state index in [9.17, 15) is 8.42 Å². The van der Waals surface area contributed by atoms with Crippen LogP contribution in [0, 0.1) is 0 Å². The van der Waals surface area contributed by atoms with Gasteiger partial charge in [-0.2, -0.15) is 14.5 Å². The molecule has 0 N–H and O–H groups in total. The number of ether oxygens (including phenoxy) is 1. The third-order valence-electron chi connectivity index (χ3n) is 6.43. The van der Waals surface area contributed by atoms with Crippen molar-refractivity contribution in [1.82, 2.24) is 14.5 Å². The third-order valence-corrected chi connectivity index (χ3v) is 7.68. The molecule has 33 heavy (non-hydrogen) atoms. The maximum absolute atomic E-state index is 11.8. The quantitative estimate of drug-likeness (QED) is 0.465. The largest absolute Gasteiger partial charge is 0.494 e. The van der Waals surface area contributed by atoms with E-state index in [1.807, 2.05) is 12.1 Å². The average molecular weight is 464 g/mol. The van der Waals surface area contributed by atoms with Crippen LogP contribution in [-0.4, -0.2) is 42.3 Å². The van der Waals surface area contributed by atoms with Crippen LogP contribution in [0.15, 0.2) is 54.6 Å². The molecule has 1 aliphatic carbocycles.